The number of hydrogen-bond acceptors (Lipinski definition) is 7. The summed E-state index contributed by atoms with van der Waals surface area (Å²) in [5, 5.41) is 14.7. The standard InChI is InChI=1S/C23H24F2N4O5S/c24-19-4-1-5-20(25)21(19)35(33,34)15-26-10-2-3-18(30)14-27-13-16-6-8-17(9-7-16)22-28-11-12-29(22)23(31)32/h1-9,26-27H,10-15H2,(H,31,32). The fraction of sp³-hybridized carbons (Fsp3) is 0.261. The molecule has 0 aromatic heterocycles. The van der Waals surface area contributed by atoms with Gasteiger partial charge in [-0.1, -0.05) is 36.4 Å². The van der Waals surface area contributed by atoms with E-state index in [1.165, 1.54) is 17.1 Å². The molecule has 2 aromatic carbocycles. The van der Waals surface area contributed by atoms with Crippen molar-refractivity contribution in [3.8, 4) is 0 Å². The van der Waals surface area contributed by atoms with Gasteiger partial charge >= 0.3 is 6.09 Å². The Hall–Kier alpha value is -3.48. The van der Waals surface area contributed by atoms with E-state index < -0.39 is 38.3 Å². The number of benzene rings is 2. The van der Waals surface area contributed by atoms with Crippen molar-refractivity contribution in [2.45, 2.75) is 11.4 Å². The molecule has 9 nitrogen and oxygen atoms in total. The molecule has 0 fully saturated rings. The maximum Gasteiger partial charge on any atom is 0.413 e. The van der Waals surface area contributed by atoms with Gasteiger partial charge in [-0.2, -0.15) is 0 Å². The number of halogens is 2. The summed E-state index contributed by atoms with van der Waals surface area (Å²) in [5.74, 6) is -2.84. The van der Waals surface area contributed by atoms with Crippen LogP contribution in [-0.4, -0.2) is 68.2 Å². The molecule has 1 heterocycles. The van der Waals surface area contributed by atoms with Crippen LogP contribution < -0.4 is 10.6 Å². The van der Waals surface area contributed by atoms with E-state index in [1.54, 1.807) is 12.1 Å². The number of amides is 1. The predicted octanol–water partition coefficient (Wildman–Crippen LogP) is 1.94. The van der Waals surface area contributed by atoms with Crippen molar-refractivity contribution in [1.82, 2.24) is 15.5 Å². The highest BCUT2D eigenvalue weighted by atomic mass is 32.2. The number of carboxylic acid groups (broad SMARTS) is 1. The first-order chi connectivity index (χ1) is 16.7. The van der Waals surface area contributed by atoms with Crippen molar-refractivity contribution < 1.29 is 31.9 Å². The molecule has 35 heavy (non-hydrogen) atoms. The number of ketones is 1. The highest BCUT2D eigenvalue weighted by Crippen LogP contribution is 2.19. The van der Waals surface area contributed by atoms with E-state index in [9.17, 15) is 31.9 Å². The van der Waals surface area contributed by atoms with E-state index in [-0.39, 0.29) is 18.9 Å². The molecule has 186 valence electrons. The SMILES string of the molecule is O=C(C=CCNCS(=O)(=O)c1c(F)cccc1F)CNCc1ccc(C2=NCCN2C(=O)O)cc1. The first-order valence-corrected chi connectivity index (χ1v) is 12.3. The van der Waals surface area contributed by atoms with E-state index in [1.807, 2.05) is 12.1 Å². The van der Waals surface area contributed by atoms with Crippen molar-refractivity contribution in [2.75, 3.05) is 32.1 Å². The van der Waals surface area contributed by atoms with Crippen molar-refractivity contribution in [3.05, 3.63) is 77.4 Å². The van der Waals surface area contributed by atoms with Crippen LogP contribution >= 0.6 is 0 Å². The lowest BCUT2D eigenvalue weighted by molar-refractivity contribution is -0.113. The number of amidine groups is 1. The molecule has 0 saturated carbocycles. The molecule has 0 bridgehead atoms. The highest BCUT2D eigenvalue weighted by molar-refractivity contribution is 7.91. The van der Waals surface area contributed by atoms with Crippen molar-refractivity contribution in [2.24, 2.45) is 4.99 Å². The average molecular weight is 507 g/mol. The lowest BCUT2D eigenvalue weighted by Gasteiger charge is -2.14. The Bertz CT molecular complexity index is 1230. The Morgan fingerprint density at radius 1 is 1.09 bits per heavy atom. The zero-order valence-electron chi connectivity index (χ0n) is 18.6. The molecule has 0 spiro atoms. The van der Waals surface area contributed by atoms with Gasteiger partial charge in [-0.15, -0.1) is 0 Å². The Labute approximate surface area is 201 Å². The first-order valence-electron chi connectivity index (χ1n) is 10.6. The van der Waals surface area contributed by atoms with Crippen LogP contribution in [0.5, 0.6) is 0 Å². The van der Waals surface area contributed by atoms with Crippen LogP contribution in [0, 0.1) is 11.6 Å². The van der Waals surface area contributed by atoms with Gasteiger partial charge in [0.05, 0.1) is 19.6 Å². The van der Waals surface area contributed by atoms with Crippen LogP contribution in [0.3, 0.4) is 0 Å². The number of carbonyl (C=O) groups excluding carboxylic acids is 1. The first kappa shape index (κ1) is 26.1. The van der Waals surface area contributed by atoms with Gasteiger partial charge < -0.3 is 10.4 Å². The normalized spacial score (nSPS) is 13.9. The van der Waals surface area contributed by atoms with E-state index in [0.717, 1.165) is 23.8 Å². The fourth-order valence-corrected chi connectivity index (χ4v) is 4.62. The van der Waals surface area contributed by atoms with Crippen LogP contribution in [0.15, 0.2) is 64.5 Å². The Morgan fingerprint density at radius 3 is 2.43 bits per heavy atom. The summed E-state index contributed by atoms with van der Waals surface area (Å²) in [6, 6.07) is 9.98. The summed E-state index contributed by atoms with van der Waals surface area (Å²) in [5.41, 5.74) is 1.58. The minimum atomic E-state index is -4.21. The van der Waals surface area contributed by atoms with E-state index in [0.29, 0.717) is 31.0 Å². The molecule has 0 unspecified atom stereocenters. The molecule has 3 N–H and O–H groups in total. The van der Waals surface area contributed by atoms with Crippen LogP contribution in [0.4, 0.5) is 13.6 Å². The van der Waals surface area contributed by atoms with E-state index >= 15 is 0 Å². The topological polar surface area (TPSA) is 128 Å². The summed E-state index contributed by atoms with van der Waals surface area (Å²) in [6.07, 6.45) is 1.65. The van der Waals surface area contributed by atoms with Gasteiger partial charge in [0.15, 0.2) is 15.6 Å². The highest BCUT2D eigenvalue weighted by Gasteiger charge is 2.24. The second-order valence-electron chi connectivity index (χ2n) is 7.57. The molecular weight excluding hydrogens is 482 g/mol. The van der Waals surface area contributed by atoms with Crippen LogP contribution in [0.25, 0.3) is 0 Å². The Morgan fingerprint density at radius 2 is 1.77 bits per heavy atom. The Balaban J connectivity index is 1.39. The third-order valence-electron chi connectivity index (χ3n) is 5.00. The number of nitrogens with zero attached hydrogens (tertiary/aromatic N) is 2. The number of sulfone groups is 1. The van der Waals surface area contributed by atoms with Crippen molar-refractivity contribution in [3.63, 3.8) is 0 Å². The van der Waals surface area contributed by atoms with Gasteiger partial charge in [-0.3, -0.25) is 20.0 Å². The second-order valence-corrected chi connectivity index (χ2v) is 9.50. The van der Waals surface area contributed by atoms with Crippen molar-refractivity contribution >= 4 is 27.5 Å². The summed E-state index contributed by atoms with van der Waals surface area (Å²) in [6.45, 7) is 1.21. The monoisotopic (exact) mass is 506 g/mol. The van der Waals surface area contributed by atoms with Gasteiger partial charge in [-0.25, -0.2) is 22.0 Å². The van der Waals surface area contributed by atoms with E-state index in [4.69, 9.17) is 0 Å². The fourth-order valence-electron chi connectivity index (χ4n) is 3.36. The van der Waals surface area contributed by atoms with Crippen LogP contribution in [-0.2, 0) is 21.2 Å². The summed E-state index contributed by atoms with van der Waals surface area (Å²) >= 11 is 0. The predicted molar refractivity (Wildman–Crippen MR) is 125 cm³/mol. The van der Waals surface area contributed by atoms with Gasteiger partial charge in [0.1, 0.15) is 28.2 Å². The second kappa shape index (κ2) is 11.8. The molecule has 1 amide bonds. The molecule has 0 saturated heterocycles. The summed E-state index contributed by atoms with van der Waals surface area (Å²) in [7, 11) is -4.21. The minimum absolute atomic E-state index is 0.0136. The lowest BCUT2D eigenvalue weighted by Crippen LogP contribution is -2.33. The molecule has 12 heteroatoms. The van der Waals surface area contributed by atoms with Gasteiger partial charge in [0, 0.05) is 18.7 Å². The molecule has 0 aliphatic carbocycles. The van der Waals surface area contributed by atoms with Gasteiger partial charge in [0.2, 0.25) is 0 Å². The number of carbonyl (C=O) groups is 2. The number of hydrogen-bond donors (Lipinski definition) is 3. The zero-order valence-corrected chi connectivity index (χ0v) is 19.4. The maximum atomic E-state index is 13.7. The molecule has 2 aromatic rings. The average Bonchev–Trinajstić information content (AvgIpc) is 3.29. The Kier molecular flexibility index (Phi) is 8.79. The molecule has 3 rings (SSSR count). The van der Waals surface area contributed by atoms with Gasteiger partial charge in [0.25, 0.3) is 0 Å². The summed E-state index contributed by atoms with van der Waals surface area (Å²) in [4.78, 5) is 27.6. The molecule has 0 radical (unpaired) electrons. The third-order valence-corrected chi connectivity index (χ3v) is 6.60. The maximum absolute atomic E-state index is 13.7. The third kappa shape index (κ3) is 7.01. The number of rotatable bonds is 11. The molecular formula is C23H24F2N4O5S. The van der Waals surface area contributed by atoms with Crippen LogP contribution in [0.2, 0.25) is 0 Å². The lowest BCUT2D eigenvalue weighted by atomic mass is 10.1. The molecule has 0 atom stereocenters. The minimum Gasteiger partial charge on any atom is -0.465 e. The van der Waals surface area contributed by atoms with Crippen molar-refractivity contribution in [1.29, 1.82) is 0 Å². The zero-order chi connectivity index (χ0) is 25.4. The van der Waals surface area contributed by atoms with E-state index in [2.05, 4.69) is 15.6 Å². The van der Waals surface area contributed by atoms with Gasteiger partial charge in [-0.05, 0) is 23.8 Å². The largest absolute Gasteiger partial charge is 0.465 e. The number of aliphatic imine (C=N–C) groups is 1. The quantitative estimate of drug-likeness (QED) is 0.314. The summed E-state index contributed by atoms with van der Waals surface area (Å²) < 4.78 is 51.5. The molecule has 1 aliphatic rings. The smallest absolute Gasteiger partial charge is 0.413 e. The van der Waals surface area contributed by atoms with Crippen LogP contribution in [0.1, 0.15) is 11.1 Å². The molecule has 1 aliphatic heterocycles. The number of nitrogens with one attached hydrogen (secondary N) is 2.